The van der Waals surface area contributed by atoms with E-state index in [1.807, 2.05) is 0 Å². The van der Waals surface area contributed by atoms with Gasteiger partial charge in [0.1, 0.15) is 5.75 Å². The Morgan fingerprint density at radius 1 is 1.56 bits per heavy atom. The molecule has 0 amide bonds. The number of aryl methyl sites for hydroxylation is 1. The van der Waals surface area contributed by atoms with Crippen molar-refractivity contribution in [1.29, 1.82) is 0 Å². The number of aliphatic hydroxyl groups excluding tert-OH is 1. The summed E-state index contributed by atoms with van der Waals surface area (Å²) in [6.45, 7) is 1.35. The lowest BCUT2D eigenvalue weighted by Gasteiger charge is -2.14. The van der Waals surface area contributed by atoms with Gasteiger partial charge >= 0.3 is 5.97 Å². The van der Waals surface area contributed by atoms with Gasteiger partial charge in [-0.1, -0.05) is 0 Å². The first-order valence-electron chi connectivity index (χ1n) is 5.70. The van der Waals surface area contributed by atoms with E-state index in [1.54, 1.807) is 13.1 Å². The van der Waals surface area contributed by atoms with Gasteiger partial charge in [0.2, 0.25) is 0 Å². The molecule has 1 atom stereocenters. The third-order valence-electron chi connectivity index (χ3n) is 2.80. The van der Waals surface area contributed by atoms with E-state index in [-0.39, 0.29) is 24.8 Å². The Bertz CT molecular complexity index is 434. The molecule has 100 valence electrons. The van der Waals surface area contributed by atoms with Gasteiger partial charge in [-0.05, 0) is 25.3 Å². The number of hydrogen-bond donors (Lipinski definition) is 4. The Morgan fingerprint density at radius 2 is 2.22 bits per heavy atom. The molecular weight excluding hydrogens is 236 g/mol. The van der Waals surface area contributed by atoms with Crippen LogP contribution in [0.3, 0.4) is 0 Å². The number of aromatic nitrogens is 1. The average molecular weight is 254 g/mol. The minimum atomic E-state index is -0.891. The topological polar surface area (TPSA) is 117 Å². The normalized spacial score (nSPS) is 12.4. The molecule has 0 spiro atoms. The number of carbonyl (C=O) groups is 1. The van der Waals surface area contributed by atoms with Crippen molar-refractivity contribution < 1.29 is 20.1 Å². The fourth-order valence-electron chi connectivity index (χ4n) is 1.73. The first-order valence-corrected chi connectivity index (χ1v) is 5.70. The van der Waals surface area contributed by atoms with E-state index in [4.69, 9.17) is 10.8 Å². The monoisotopic (exact) mass is 254 g/mol. The molecule has 0 aromatic carbocycles. The summed E-state index contributed by atoms with van der Waals surface area (Å²) in [6.07, 6.45) is 2.28. The predicted octanol–water partition coefficient (Wildman–Crippen LogP) is 0.323. The average Bonchev–Trinajstić information content (AvgIpc) is 2.32. The molecule has 1 heterocycles. The van der Waals surface area contributed by atoms with Gasteiger partial charge in [0.25, 0.3) is 0 Å². The second-order valence-electron chi connectivity index (χ2n) is 4.25. The minimum Gasteiger partial charge on any atom is -0.506 e. The number of nitrogens with zero attached hydrogens (tertiary/aromatic N) is 1. The Labute approximate surface area is 105 Å². The minimum absolute atomic E-state index is 0.000890. The molecule has 0 saturated carbocycles. The Morgan fingerprint density at radius 3 is 2.78 bits per heavy atom. The summed E-state index contributed by atoms with van der Waals surface area (Å²) in [5.41, 5.74) is 7.32. The first kappa shape index (κ1) is 14.4. The summed E-state index contributed by atoms with van der Waals surface area (Å²) in [6, 6.07) is -0.338. The van der Waals surface area contributed by atoms with Crippen molar-refractivity contribution in [1.82, 2.24) is 4.98 Å². The van der Waals surface area contributed by atoms with Crippen LogP contribution in [0.2, 0.25) is 0 Å². The summed E-state index contributed by atoms with van der Waals surface area (Å²) >= 11 is 0. The van der Waals surface area contributed by atoms with Crippen LogP contribution in [-0.4, -0.2) is 32.3 Å². The Kier molecular flexibility index (Phi) is 5.06. The van der Waals surface area contributed by atoms with Crippen LogP contribution in [0.25, 0.3) is 0 Å². The molecule has 0 bridgehead atoms. The van der Waals surface area contributed by atoms with E-state index in [2.05, 4.69) is 4.98 Å². The largest absolute Gasteiger partial charge is 0.506 e. The van der Waals surface area contributed by atoms with Gasteiger partial charge in [-0.25, -0.2) is 0 Å². The van der Waals surface area contributed by atoms with Crippen molar-refractivity contribution in [3.8, 4) is 5.75 Å². The third kappa shape index (κ3) is 3.68. The molecule has 18 heavy (non-hydrogen) atoms. The lowest BCUT2D eigenvalue weighted by atomic mass is 9.99. The Balaban J connectivity index is 2.78. The molecule has 6 heteroatoms. The second kappa shape index (κ2) is 6.32. The number of nitrogens with two attached hydrogens (primary N) is 1. The number of hydrogen-bond acceptors (Lipinski definition) is 5. The van der Waals surface area contributed by atoms with Gasteiger partial charge in [0.05, 0.1) is 12.3 Å². The van der Waals surface area contributed by atoms with E-state index in [9.17, 15) is 15.0 Å². The number of aromatic hydroxyl groups is 1. The van der Waals surface area contributed by atoms with E-state index in [1.165, 1.54) is 0 Å². The fourth-order valence-corrected chi connectivity index (χ4v) is 1.73. The maximum Gasteiger partial charge on any atom is 0.303 e. The molecule has 0 aliphatic carbocycles. The highest BCUT2D eigenvalue weighted by Crippen LogP contribution is 2.24. The lowest BCUT2D eigenvalue weighted by molar-refractivity contribution is -0.137. The van der Waals surface area contributed by atoms with Crippen LogP contribution in [0.5, 0.6) is 5.75 Å². The lowest BCUT2D eigenvalue weighted by Crippen LogP contribution is -2.24. The number of carboxylic acids is 1. The number of aliphatic carboxylic acids is 1. The van der Waals surface area contributed by atoms with E-state index in [0.717, 1.165) is 0 Å². The SMILES string of the molecule is Cc1ncc(CC(N)CCC(=O)O)c(CO)c1O. The van der Waals surface area contributed by atoms with Crippen LogP contribution >= 0.6 is 0 Å². The zero-order valence-electron chi connectivity index (χ0n) is 10.3. The summed E-state index contributed by atoms with van der Waals surface area (Å²) in [7, 11) is 0. The standard InChI is InChI=1S/C12H18N2O4/c1-7-12(18)10(6-15)8(5-14-7)4-9(13)2-3-11(16)17/h5,9,15,18H,2-4,6,13H2,1H3,(H,16,17). The summed E-state index contributed by atoms with van der Waals surface area (Å²) in [5.74, 6) is -0.918. The third-order valence-corrected chi connectivity index (χ3v) is 2.80. The van der Waals surface area contributed by atoms with Crippen molar-refractivity contribution in [2.75, 3.05) is 0 Å². The zero-order valence-corrected chi connectivity index (χ0v) is 10.3. The summed E-state index contributed by atoms with van der Waals surface area (Å²) in [4.78, 5) is 14.4. The fraction of sp³-hybridized carbons (Fsp3) is 0.500. The molecule has 0 aliphatic heterocycles. The number of rotatable bonds is 6. The molecule has 1 unspecified atom stereocenters. The molecule has 1 aromatic heterocycles. The highest BCUT2D eigenvalue weighted by atomic mass is 16.4. The molecule has 0 aliphatic rings. The number of aliphatic hydroxyl groups is 1. The number of pyridine rings is 1. The van der Waals surface area contributed by atoms with Crippen molar-refractivity contribution in [3.63, 3.8) is 0 Å². The van der Waals surface area contributed by atoms with Gasteiger partial charge in [-0.2, -0.15) is 0 Å². The molecule has 0 saturated heterocycles. The molecule has 0 fully saturated rings. The smallest absolute Gasteiger partial charge is 0.303 e. The second-order valence-corrected chi connectivity index (χ2v) is 4.25. The maximum atomic E-state index is 10.4. The van der Waals surface area contributed by atoms with Crippen LogP contribution in [0.1, 0.15) is 29.7 Å². The van der Waals surface area contributed by atoms with E-state index >= 15 is 0 Å². The molecule has 1 rings (SSSR count). The highest BCUT2D eigenvalue weighted by Gasteiger charge is 2.14. The van der Waals surface area contributed by atoms with Gasteiger partial charge in [-0.15, -0.1) is 0 Å². The van der Waals surface area contributed by atoms with E-state index in [0.29, 0.717) is 29.7 Å². The van der Waals surface area contributed by atoms with Crippen molar-refractivity contribution >= 4 is 5.97 Å². The molecule has 1 aromatic rings. The van der Waals surface area contributed by atoms with Crippen LogP contribution < -0.4 is 5.73 Å². The molecule has 5 N–H and O–H groups in total. The van der Waals surface area contributed by atoms with Crippen LogP contribution in [0, 0.1) is 6.92 Å². The maximum absolute atomic E-state index is 10.4. The first-order chi connectivity index (χ1) is 8.45. The van der Waals surface area contributed by atoms with Crippen LogP contribution in [-0.2, 0) is 17.8 Å². The highest BCUT2D eigenvalue weighted by molar-refractivity contribution is 5.66. The van der Waals surface area contributed by atoms with Crippen LogP contribution in [0.4, 0.5) is 0 Å². The summed E-state index contributed by atoms with van der Waals surface area (Å²) in [5, 5.41) is 27.5. The predicted molar refractivity (Wildman–Crippen MR) is 65.1 cm³/mol. The van der Waals surface area contributed by atoms with Gasteiger partial charge in [0.15, 0.2) is 0 Å². The Hall–Kier alpha value is -1.66. The van der Waals surface area contributed by atoms with Crippen molar-refractivity contribution in [2.45, 2.75) is 38.8 Å². The molecule has 0 radical (unpaired) electrons. The van der Waals surface area contributed by atoms with Crippen molar-refractivity contribution in [3.05, 3.63) is 23.0 Å². The van der Waals surface area contributed by atoms with E-state index < -0.39 is 5.97 Å². The van der Waals surface area contributed by atoms with Crippen molar-refractivity contribution in [2.24, 2.45) is 5.73 Å². The number of carboxylic acid groups (broad SMARTS) is 1. The molecule has 6 nitrogen and oxygen atoms in total. The summed E-state index contributed by atoms with van der Waals surface area (Å²) < 4.78 is 0. The van der Waals surface area contributed by atoms with Gasteiger partial charge in [-0.3, -0.25) is 9.78 Å². The molecular formula is C12H18N2O4. The van der Waals surface area contributed by atoms with Crippen LogP contribution in [0.15, 0.2) is 6.20 Å². The zero-order chi connectivity index (χ0) is 13.7. The van der Waals surface area contributed by atoms with Gasteiger partial charge < -0.3 is 21.1 Å². The van der Waals surface area contributed by atoms with Gasteiger partial charge in [0, 0.05) is 24.2 Å². The quantitative estimate of drug-likeness (QED) is 0.581.